The van der Waals surface area contributed by atoms with Crippen molar-refractivity contribution in [3.05, 3.63) is 0 Å². The number of likely N-dealkylation sites (tertiary alicyclic amines) is 1. The van der Waals surface area contributed by atoms with Gasteiger partial charge in [0.25, 0.3) is 0 Å². The fourth-order valence-electron chi connectivity index (χ4n) is 2.98. The van der Waals surface area contributed by atoms with Crippen LogP contribution in [0.25, 0.3) is 0 Å². The zero-order valence-electron chi connectivity index (χ0n) is 11.0. The molecule has 3 atom stereocenters. The summed E-state index contributed by atoms with van der Waals surface area (Å²) in [6.07, 6.45) is 2.62. The number of hydrogen-bond donors (Lipinski definition) is 2. The molecule has 2 aliphatic rings. The highest BCUT2D eigenvalue weighted by Gasteiger charge is 2.41. The highest BCUT2D eigenvalue weighted by molar-refractivity contribution is 7.91. The number of aliphatic hydroxyl groups excluding tert-OH is 1. The third kappa shape index (κ3) is 3.44. The fourth-order valence-corrected chi connectivity index (χ4v) is 4.81. The van der Waals surface area contributed by atoms with Crippen molar-refractivity contribution in [2.45, 2.75) is 44.4 Å². The molecule has 3 unspecified atom stereocenters. The van der Waals surface area contributed by atoms with Crippen LogP contribution in [0.1, 0.15) is 26.2 Å². The number of sulfone groups is 1. The molecule has 0 radical (unpaired) electrons. The van der Waals surface area contributed by atoms with Crippen LogP contribution < -0.4 is 5.32 Å². The lowest BCUT2D eigenvalue weighted by Crippen LogP contribution is -2.53. The van der Waals surface area contributed by atoms with E-state index in [0.717, 1.165) is 38.9 Å². The van der Waals surface area contributed by atoms with E-state index in [1.807, 2.05) is 0 Å². The minimum absolute atomic E-state index is 0.0682. The normalized spacial score (nSPS) is 36.9. The molecule has 106 valence electrons. The van der Waals surface area contributed by atoms with Gasteiger partial charge in [-0.15, -0.1) is 0 Å². The lowest BCUT2D eigenvalue weighted by Gasteiger charge is -2.37. The first-order chi connectivity index (χ1) is 8.52. The van der Waals surface area contributed by atoms with E-state index in [0.29, 0.717) is 6.04 Å². The average molecular weight is 276 g/mol. The smallest absolute Gasteiger partial charge is 0.154 e. The van der Waals surface area contributed by atoms with Gasteiger partial charge >= 0.3 is 0 Å². The van der Waals surface area contributed by atoms with Crippen molar-refractivity contribution >= 4 is 9.84 Å². The van der Waals surface area contributed by atoms with Gasteiger partial charge in [-0.25, -0.2) is 8.42 Å². The predicted molar refractivity (Wildman–Crippen MR) is 71.3 cm³/mol. The standard InChI is InChI=1S/C12H24N2O3S/c1-2-5-13-10-4-3-6-14(7-10)11-8-18(16,17)9-12(11)15/h10-13,15H,2-9H2,1H3. The fraction of sp³-hybridized carbons (Fsp3) is 1.00. The summed E-state index contributed by atoms with van der Waals surface area (Å²) in [5, 5.41) is 13.4. The maximum Gasteiger partial charge on any atom is 0.154 e. The lowest BCUT2D eigenvalue weighted by molar-refractivity contribution is 0.0606. The molecule has 0 spiro atoms. The molecular weight excluding hydrogens is 252 g/mol. The first kappa shape index (κ1) is 14.2. The summed E-state index contributed by atoms with van der Waals surface area (Å²) < 4.78 is 23.1. The van der Waals surface area contributed by atoms with Crippen LogP contribution in [0.3, 0.4) is 0 Å². The summed E-state index contributed by atoms with van der Waals surface area (Å²) in [7, 11) is -3.04. The number of piperidine rings is 1. The molecule has 0 aromatic heterocycles. The zero-order valence-corrected chi connectivity index (χ0v) is 11.8. The van der Waals surface area contributed by atoms with Crippen LogP contribution in [0.2, 0.25) is 0 Å². The van der Waals surface area contributed by atoms with Crippen LogP contribution in [-0.2, 0) is 9.84 Å². The summed E-state index contributed by atoms with van der Waals surface area (Å²) in [6, 6.07) is 0.246. The molecule has 2 aliphatic heterocycles. The Bertz CT molecular complexity index is 372. The minimum atomic E-state index is -3.04. The van der Waals surface area contributed by atoms with Crippen LogP contribution in [0.5, 0.6) is 0 Å². The molecule has 0 aromatic rings. The van der Waals surface area contributed by atoms with Gasteiger partial charge in [0, 0.05) is 12.6 Å². The zero-order chi connectivity index (χ0) is 13.2. The molecule has 2 fully saturated rings. The van der Waals surface area contributed by atoms with Crippen molar-refractivity contribution in [3.8, 4) is 0 Å². The van der Waals surface area contributed by atoms with Gasteiger partial charge in [-0.1, -0.05) is 6.92 Å². The number of nitrogens with one attached hydrogen (secondary N) is 1. The second-order valence-electron chi connectivity index (χ2n) is 5.50. The van der Waals surface area contributed by atoms with Crippen molar-refractivity contribution in [2.24, 2.45) is 0 Å². The van der Waals surface area contributed by atoms with E-state index in [9.17, 15) is 13.5 Å². The summed E-state index contributed by atoms with van der Waals surface area (Å²) in [5.74, 6) is 0.0515. The molecule has 2 rings (SSSR count). The van der Waals surface area contributed by atoms with E-state index in [-0.39, 0.29) is 17.5 Å². The molecule has 0 aromatic carbocycles. The molecule has 6 heteroatoms. The van der Waals surface area contributed by atoms with E-state index in [4.69, 9.17) is 0 Å². The molecule has 2 heterocycles. The van der Waals surface area contributed by atoms with Crippen molar-refractivity contribution in [3.63, 3.8) is 0 Å². The Morgan fingerprint density at radius 2 is 2.17 bits per heavy atom. The largest absolute Gasteiger partial charge is 0.390 e. The van der Waals surface area contributed by atoms with Crippen LogP contribution >= 0.6 is 0 Å². The van der Waals surface area contributed by atoms with Gasteiger partial charge in [0.15, 0.2) is 9.84 Å². The van der Waals surface area contributed by atoms with Crippen LogP contribution in [0, 0.1) is 0 Å². The van der Waals surface area contributed by atoms with E-state index in [1.165, 1.54) is 0 Å². The van der Waals surface area contributed by atoms with Crippen LogP contribution in [0.4, 0.5) is 0 Å². The summed E-state index contributed by atoms with van der Waals surface area (Å²) >= 11 is 0. The minimum Gasteiger partial charge on any atom is -0.390 e. The summed E-state index contributed by atoms with van der Waals surface area (Å²) in [5.41, 5.74) is 0. The van der Waals surface area contributed by atoms with E-state index >= 15 is 0 Å². The SMILES string of the molecule is CCCNC1CCCN(C2CS(=O)(=O)CC2O)C1. The Balaban J connectivity index is 1.92. The average Bonchev–Trinajstić information content (AvgIpc) is 2.60. The van der Waals surface area contributed by atoms with Gasteiger partial charge in [0.1, 0.15) is 0 Å². The monoisotopic (exact) mass is 276 g/mol. The van der Waals surface area contributed by atoms with Crippen molar-refractivity contribution in [1.82, 2.24) is 10.2 Å². The van der Waals surface area contributed by atoms with E-state index < -0.39 is 15.9 Å². The van der Waals surface area contributed by atoms with Gasteiger partial charge in [-0.3, -0.25) is 4.90 Å². The number of nitrogens with zero attached hydrogens (tertiary/aromatic N) is 1. The second kappa shape index (κ2) is 5.86. The molecule has 0 amide bonds. The molecule has 0 saturated carbocycles. The van der Waals surface area contributed by atoms with Crippen LogP contribution in [0.15, 0.2) is 0 Å². The Hall–Kier alpha value is -0.170. The molecule has 5 nitrogen and oxygen atoms in total. The number of hydrogen-bond acceptors (Lipinski definition) is 5. The lowest BCUT2D eigenvalue weighted by atomic mass is 10.0. The Kier molecular flexibility index (Phi) is 4.64. The molecule has 2 saturated heterocycles. The first-order valence-electron chi connectivity index (χ1n) is 6.88. The Morgan fingerprint density at radius 1 is 1.39 bits per heavy atom. The topological polar surface area (TPSA) is 69.6 Å². The predicted octanol–water partition coefficient (Wildman–Crippen LogP) is -0.392. The van der Waals surface area contributed by atoms with Crippen molar-refractivity contribution < 1.29 is 13.5 Å². The van der Waals surface area contributed by atoms with Crippen molar-refractivity contribution in [2.75, 3.05) is 31.1 Å². The molecule has 0 bridgehead atoms. The number of rotatable bonds is 4. The second-order valence-corrected chi connectivity index (χ2v) is 7.65. The highest BCUT2D eigenvalue weighted by Crippen LogP contribution is 2.22. The quantitative estimate of drug-likeness (QED) is 0.732. The van der Waals surface area contributed by atoms with Gasteiger partial charge in [-0.05, 0) is 32.4 Å². The summed E-state index contributed by atoms with van der Waals surface area (Å²) in [4.78, 5) is 2.16. The summed E-state index contributed by atoms with van der Waals surface area (Å²) in [6.45, 7) is 4.91. The van der Waals surface area contributed by atoms with Gasteiger partial charge in [0.2, 0.25) is 0 Å². The third-order valence-corrected chi connectivity index (χ3v) is 5.60. The van der Waals surface area contributed by atoms with Gasteiger partial charge < -0.3 is 10.4 Å². The molecular formula is C12H24N2O3S. The van der Waals surface area contributed by atoms with Crippen LogP contribution in [-0.4, -0.2) is 67.8 Å². The molecule has 18 heavy (non-hydrogen) atoms. The maximum absolute atomic E-state index is 11.5. The van der Waals surface area contributed by atoms with Gasteiger partial charge in [-0.2, -0.15) is 0 Å². The Morgan fingerprint density at radius 3 is 2.78 bits per heavy atom. The van der Waals surface area contributed by atoms with E-state index in [2.05, 4.69) is 17.1 Å². The Labute approximate surface area is 109 Å². The first-order valence-corrected chi connectivity index (χ1v) is 8.70. The molecule has 0 aliphatic carbocycles. The van der Waals surface area contributed by atoms with Gasteiger partial charge in [0.05, 0.1) is 23.7 Å². The van der Waals surface area contributed by atoms with Crippen molar-refractivity contribution in [1.29, 1.82) is 0 Å². The highest BCUT2D eigenvalue weighted by atomic mass is 32.2. The third-order valence-electron chi connectivity index (χ3n) is 3.90. The maximum atomic E-state index is 11.5. The molecule has 2 N–H and O–H groups in total. The number of aliphatic hydroxyl groups is 1. The van der Waals surface area contributed by atoms with E-state index in [1.54, 1.807) is 0 Å².